The molecule has 0 aromatic carbocycles. The summed E-state index contributed by atoms with van der Waals surface area (Å²) in [7, 11) is 0. The molecule has 0 atom stereocenters. The highest BCUT2D eigenvalue weighted by Gasteiger charge is 2.06. The lowest BCUT2D eigenvalue weighted by Crippen LogP contribution is -2.19. The molecule has 4 heteroatoms. The van der Waals surface area contributed by atoms with Gasteiger partial charge >= 0.3 is 0 Å². The summed E-state index contributed by atoms with van der Waals surface area (Å²) in [6, 6.07) is 0. The highest BCUT2D eigenvalue weighted by molar-refractivity contribution is 5.15. The first-order valence-electron chi connectivity index (χ1n) is 6.94. The number of nitrogens with one attached hydrogen (secondary N) is 1. The van der Waals surface area contributed by atoms with E-state index in [1.807, 2.05) is 10.9 Å². The second-order valence-corrected chi connectivity index (χ2v) is 5.12. The maximum absolute atomic E-state index is 5.49. The predicted molar refractivity (Wildman–Crippen MR) is 74.6 cm³/mol. The van der Waals surface area contributed by atoms with Gasteiger partial charge in [0.05, 0.1) is 19.3 Å². The number of rotatable bonds is 9. The quantitative estimate of drug-likeness (QED) is 0.687. The van der Waals surface area contributed by atoms with Crippen LogP contribution in [0.4, 0.5) is 0 Å². The third-order valence-corrected chi connectivity index (χ3v) is 2.87. The second-order valence-electron chi connectivity index (χ2n) is 5.12. The maximum Gasteiger partial charge on any atom is 0.0662 e. The number of nitrogens with zero attached hydrogens (tertiary/aromatic N) is 2. The highest BCUT2D eigenvalue weighted by Crippen LogP contribution is 2.07. The molecule has 104 valence electrons. The summed E-state index contributed by atoms with van der Waals surface area (Å²) in [5.74, 6) is 0.683. The molecule has 0 saturated heterocycles. The van der Waals surface area contributed by atoms with Crippen LogP contribution in [-0.2, 0) is 17.8 Å². The highest BCUT2D eigenvalue weighted by atomic mass is 16.5. The molecule has 1 N–H and O–H groups in total. The van der Waals surface area contributed by atoms with Crippen LogP contribution < -0.4 is 5.32 Å². The Kier molecular flexibility index (Phi) is 6.98. The fourth-order valence-electron chi connectivity index (χ4n) is 1.78. The van der Waals surface area contributed by atoms with Gasteiger partial charge in [-0.3, -0.25) is 4.68 Å². The molecule has 0 radical (unpaired) electrons. The van der Waals surface area contributed by atoms with E-state index in [0.29, 0.717) is 5.92 Å². The van der Waals surface area contributed by atoms with E-state index >= 15 is 0 Å². The molecule has 4 nitrogen and oxygen atoms in total. The standard InChI is InChI=1S/C14H27N3O/c1-5-7-18-8-6-17-13(4)14(11-16-17)10-15-9-12(2)3/h11-12,15H,5-10H2,1-4H3. The van der Waals surface area contributed by atoms with Crippen LogP contribution in [-0.4, -0.2) is 29.5 Å². The van der Waals surface area contributed by atoms with Crippen molar-refractivity contribution in [3.8, 4) is 0 Å². The Bertz CT molecular complexity index is 334. The minimum absolute atomic E-state index is 0.683. The van der Waals surface area contributed by atoms with Gasteiger partial charge in [0.2, 0.25) is 0 Å². The Morgan fingerprint density at radius 3 is 2.83 bits per heavy atom. The molecule has 1 rings (SSSR count). The van der Waals surface area contributed by atoms with Crippen LogP contribution in [0.1, 0.15) is 38.4 Å². The molecule has 0 aliphatic rings. The third-order valence-electron chi connectivity index (χ3n) is 2.87. The number of hydrogen-bond donors (Lipinski definition) is 1. The molecule has 1 heterocycles. The summed E-state index contributed by atoms with van der Waals surface area (Å²) in [5, 5.41) is 7.85. The van der Waals surface area contributed by atoms with Crippen molar-refractivity contribution in [1.29, 1.82) is 0 Å². The van der Waals surface area contributed by atoms with Gasteiger partial charge in [-0.25, -0.2) is 0 Å². The van der Waals surface area contributed by atoms with Gasteiger partial charge < -0.3 is 10.1 Å². The SMILES string of the molecule is CCCOCCn1ncc(CNCC(C)C)c1C. The van der Waals surface area contributed by atoms with E-state index < -0.39 is 0 Å². The molecular weight excluding hydrogens is 226 g/mol. The average Bonchev–Trinajstić information content (AvgIpc) is 2.67. The molecule has 1 aromatic rings. The van der Waals surface area contributed by atoms with Gasteiger partial charge in [-0.1, -0.05) is 20.8 Å². The van der Waals surface area contributed by atoms with Gasteiger partial charge in [0.15, 0.2) is 0 Å². The largest absolute Gasteiger partial charge is 0.380 e. The van der Waals surface area contributed by atoms with Crippen LogP contribution in [0.5, 0.6) is 0 Å². The maximum atomic E-state index is 5.49. The van der Waals surface area contributed by atoms with Crippen molar-refractivity contribution in [2.45, 2.75) is 47.2 Å². The van der Waals surface area contributed by atoms with Gasteiger partial charge in [0, 0.05) is 24.4 Å². The first-order valence-corrected chi connectivity index (χ1v) is 6.94. The molecule has 0 fully saturated rings. The minimum atomic E-state index is 0.683. The van der Waals surface area contributed by atoms with E-state index in [2.05, 4.69) is 38.1 Å². The monoisotopic (exact) mass is 253 g/mol. The van der Waals surface area contributed by atoms with E-state index in [1.54, 1.807) is 0 Å². The Balaban J connectivity index is 2.35. The normalized spacial score (nSPS) is 11.4. The zero-order valence-electron chi connectivity index (χ0n) is 12.2. The fraction of sp³-hybridized carbons (Fsp3) is 0.786. The van der Waals surface area contributed by atoms with E-state index in [1.165, 1.54) is 11.3 Å². The Morgan fingerprint density at radius 2 is 2.17 bits per heavy atom. The summed E-state index contributed by atoms with van der Waals surface area (Å²) in [6.45, 7) is 13.1. The first-order chi connectivity index (χ1) is 8.65. The van der Waals surface area contributed by atoms with E-state index in [-0.39, 0.29) is 0 Å². The van der Waals surface area contributed by atoms with Crippen molar-refractivity contribution in [2.24, 2.45) is 5.92 Å². The van der Waals surface area contributed by atoms with Crippen LogP contribution in [0.2, 0.25) is 0 Å². The summed E-state index contributed by atoms with van der Waals surface area (Å²) in [4.78, 5) is 0. The molecule has 0 amide bonds. The molecular formula is C14H27N3O. The van der Waals surface area contributed by atoms with Crippen LogP contribution >= 0.6 is 0 Å². The van der Waals surface area contributed by atoms with Gasteiger partial charge in [0.25, 0.3) is 0 Å². The van der Waals surface area contributed by atoms with Crippen molar-refractivity contribution in [2.75, 3.05) is 19.8 Å². The summed E-state index contributed by atoms with van der Waals surface area (Å²) in [6.07, 6.45) is 3.03. The van der Waals surface area contributed by atoms with Gasteiger partial charge in [0.1, 0.15) is 0 Å². The number of aromatic nitrogens is 2. The predicted octanol–water partition coefficient (Wildman–Crippen LogP) is 2.36. The number of hydrogen-bond acceptors (Lipinski definition) is 3. The lowest BCUT2D eigenvalue weighted by Gasteiger charge is -2.08. The van der Waals surface area contributed by atoms with Crippen LogP contribution in [0.25, 0.3) is 0 Å². The van der Waals surface area contributed by atoms with Crippen molar-refractivity contribution in [3.05, 3.63) is 17.5 Å². The topological polar surface area (TPSA) is 39.1 Å². The summed E-state index contributed by atoms with van der Waals surface area (Å²) >= 11 is 0. The lowest BCUT2D eigenvalue weighted by atomic mass is 10.2. The van der Waals surface area contributed by atoms with Gasteiger partial charge in [-0.2, -0.15) is 5.10 Å². The molecule has 0 saturated carbocycles. The average molecular weight is 253 g/mol. The Morgan fingerprint density at radius 1 is 1.39 bits per heavy atom. The summed E-state index contributed by atoms with van der Waals surface area (Å²) in [5.41, 5.74) is 2.53. The molecule has 0 spiro atoms. The molecule has 0 unspecified atom stereocenters. The molecule has 0 aliphatic heterocycles. The van der Waals surface area contributed by atoms with E-state index in [9.17, 15) is 0 Å². The second kappa shape index (κ2) is 8.27. The molecule has 1 aromatic heterocycles. The minimum Gasteiger partial charge on any atom is -0.380 e. The van der Waals surface area contributed by atoms with Gasteiger partial charge in [-0.05, 0) is 25.8 Å². The lowest BCUT2D eigenvalue weighted by molar-refractivity contribution is 0.124. The van der Waals surface area contributed by atoms with Crippen LogP contribution in [0.15, 0.2) is 6.20 Å². The molecule has 0 bridgehead atoms. The van der Waals surface area contributed by atoms with Gasteiger partial charge in [-0.15, -0.1) is 0 Å². The van der Waals surface area contributed by atoms with E-state index in [0.717, 1.165) is 39.3 Å². The van der Waals surface area contributed by atoms with Crippen molar-refractivity contribution < 1.29 is 4.74 Å². The first kappa shape index (κ1) is 15.2. The van der Waals surface area contributed by atoms with Crippen molar-refractivity contribution in [3.63, 3.8) is 0 Å². The fourth-order valence-corrected chi connectivity index (χ4v) is 1.78. The molecule has 18 heavy (non-hydrogen) atoms. The molecule has 0 aliphatic carbocycles. The van der Waals surface area contributed by atoms with E-state index in [4.69, 9.17) is 4.74 Å². The smallest absolute Gasteiger partial charge is 0.0662 e. The zero-order valence-corrected chi connectivity index (χ0v) is 12.2. The number of ether oxygens (including phenoxy) is 1. The summed E-state index contributed by atoms with van der Waals surface area (Å²) < 4.78 is 7.52. The zero-order chi connectivity index (χ0) is 13.4. The van der Waals surface area contributed by atoms with Crippen molar-refractivity contribution >= 4 is 0 Å². The van der Waals surface area contributed by atoms with Crippen molar-refractivity contribution in [1.82, 2.24) is 15.1 Å². The van der Waals surface area contributed by atoms with Crippen LogP contribution in [0.3, 0.4) is 0 Å². The Hall–Kier alpha value is -0.870. The Labute approximate surface area is 111 Å². The van der Waals surface area contributed by atoms with Crippen LogP contribution in [0, 0.1) is 12.8 Å². The third kappa shape index (κ3) is 5.19.